The number of hydrogen-bond donors (Lipinski definition) is 1. The first-order chi connectivity index (χ1) is 22.0. The van der Waals surface area contributed by atoms with Crippen molar-refractivity contribution >= 4 is 11.7 Å². The summed E-state index contributed by atoms with van der Waals surface area (Å²) in [6.07, 6.45) is 14.0. The molecule has 0 aliphatic heterocycles. The van der Waals surface area contributed by atoms with Gasteiger partial charge in [-0.3, -0.25) is 9.59 Å². The molecule has 1 amide bonds. The first-order valence-electron chi connectivity index (χ1n) is 17.4. The molecule has 0 spiro atoms. The third kappa shape index (κ3) is 27.0. The van der Waals surface area contributed by atoms with Crippen LogP contribution in [0.4, 0.5) is 0 Å². The number of nitrogens with zero attached hydrogens (tertiary/aromatic N) is 1. The number of amides is 1. The molecule has 9 nitrogen and oxygen atoms in total. The minimum absolute atomic E-state index is 0.0313. The van der Waals surface area contributed by atoms with Crippen molar-refractivity contribution in [1.82, 2.24) is 10.2 Å². The molecule has 0 saturated heterocycles. The van der Waals surface area contributed by atoms with Gasteiger partial charge in [-0.1, -0.05) is 95.0 Å². The lowest BCUT2D eigenvalue weighted by Crippen LogP contribution is -2.37. The Labute approximate surface area is 274 Å². The number of carbonyl (C=O) groups excluding carboxylic acids is 2. The summed E-state index contributed by atoms with van der Waals surface area (Å²) >= 11 is 0. The van der Waals surface area contributed by atoms with Crippen LogP contribution in [-0.2, 0) is 39.7 Å². The summed E-state index contributed by atoms with van der Waals surface area (Å²) in [5.41, 5.74) is 1.03. The highest BCUT2D eigenvalue weighted by atomic mass is 16.6. The van der Waals surface area contributed by atoms with Crippen LogP contribution in [0.3, 0.4) is 0 Å². The van der Waals surface area contributed by atoms with E-state index >= 15 is 0 Å². The molecular weight excluding hydrogens is 572 g/mol. The van der Waals surface area contributed by atoms with Gasteiger partial charge in [-0.2, -0.15) is 0 Å². The van der Waals surface area contributed by atoms with Crippen LogP contribution < -0.4 is 5.32 Å². The standard InChI is InChI=1S/C36H64N2O7/c1-4-5-6-7-8-9-10-11-12-16-21-41-22-23-42-24-25-43-26-27-44-28-29-45-32-35(39)31-34(30-33-17-14-13-15-18-33)36(40)37-19-20-38(2)3/h13-15,17-18,34H,4-12,16,19-32H2,1-3H3,(H,37,40). The number of hydrogen-bond acceptors (Lipinski definition) is 8. The number of Topliss-reactive ketones (excluding diaryl/α,β-unsaturated/α-hetero) is 1. The van der Waals surface area contributed by atoms with Crippen molar-refractivity contribution in [2.45, 2.75) is 84.0 Å². The molecular formula is C36H64N2O7. The van der Waals surface area contributed by atoms with Gasteiger partial charge < -0.3 is 33.9 Å². The zero-order valence-corrected chi connectivity index (χ0v) is 28.7. The fourth-order valence-electron chi connectivity index (χ4n) is 4.79. The zero-order chi connectivity index (χ0) is 32.6. The van der Waals surface area contributed by atoms with Crippen LogP contribution in [0.5, 0.6) is 0 Å². The average Bonchev–Trinajstić information content (AvgIpc) is 3.03. The van der Waals surface area contributed by atoms with E-state index in [1.807, 2.05) is 49.3 Å². The lowest BCUT2D eigenvalue weighted by Gasteiger charge is -2.18. The Bertz CT molecular complexity index is 810. The van der Waals surface area contributed by atoms with Gasteiger partial charge in [-0.15, -0.1) is 0 Å². The van der Waals surface area contributed by atoms with Crippen LogP contribution in [0.25, 0.3) is 0 Å². The molecule has 1 rings (SSSR count). The fraction of sp³-hybridized carbons (Fsp3) is 0.778. The molecule has 260 valence electrons. The van der Waals surface area contributed by atoms with Crippen molar-refractivity contribution < 1.29 is 33.3 Å². The number of ketones is 1. The van der Waals surface area contributed by atoms with E-state index in [0.29, 0.717) is 65.8 Å². The largest absolute Gasteiger partial charge is 0.379 e. The van der Waals surface area contributed by atoms with Crippen LogP contribution in [-0.4, -0.2) is 110 Å². The summed E-state index contributed by atoms with van der Waals surface area (Å²) in [7, 11) is 3.91. The van der Waals surface area contributed by atoms with E-state index in [2.05, 4.69) is 12.2 Å². The number of rotatable bonds is 33. The van der Waals surface area contributed by atoms with Crippen LogP contribution >= 0.6 is 0 Å². The van der Waals surface area contributed by atoms with Crippen molar-refractivity contribution in [3.63, 3.8) is 0 Å². The molecule has 0 aliphatic carbocycles. The van der Waals surface area contributed by atoms with Gasteiger partial charge in [-0.25, -0.2) is 0 Å². The first kappa shape index (κ1) is 41.1. The minimum atomic E-state index is -0.426. The second-order valence-corrected chi connectivity index (χ2v) is 11.9. The second-order valence-electron chi connectivity index (χ2n) is 11.9. The summed E-state index contributed by atoms with van der Waals surface area (Å²) in [6, 6.07) is 9.78. The van der Waals surface area contributed by atoms with Crippen molar-refractivity contribution in [1.29, 1.82) is 0 Å². The summed E-state index contributed by atoms with van der Waals surface area (Å²) in [6.45, 7) is 8.21. The Morgan fingerprint density at radius 1 is 0.667 bits per heavy atom. The molecule has 0 bridgehead atoms. The van der Waals surface area contributed by atoms with E-state index in [1.54, 1.807) is 0 Å². The van der Waals surface area contributed by atoms with E-state index in [9.17, 15) is 9.59 Å². The Morgan fingerprint density at radius 3 is 1.69 bits per heavy atom. The monoisotopic (exact) mass is 636 g/mol. The van der Waals surface area contributed by atoms with Gasteiger partial charge in [0.25, 0.3) is 0 Å². The lowest BCUT2D eigenvalue weighted by atomic mass is 9.93. The molecule has 9 heteroatoms. The summed E-state index contributed by atoms with van der Waals surface area (Å²) in [4.78, 5) is 27.3. The van der Waals surface area contributed by atoms with E-state index in [-0.39, 0.29) is 24.7 Å². The second kappa shape index (κ2) is 30.8. The smallest absolute Gasteiger partial charge is 0.223 e. The van der Waals surface area contributed by atoms with Gasteiger partial charge >= 0.3 is 0 Å². The van der Waals surface area contributed by atoms with Gasteiger partial charge in [-0.05, 0) is 32.5 Å². The first-order valence-corrected chi connectivity index (χ1v) is 17.4. The topological polar surface area (TPSA) is 95.6 Å². The highest BCUT2D eigenvalue weighted by Gasteiger charge is 2.22. The molecule has 1 unspecified atom stereocenters. The van der Waals surface area contributed by atoms with Crippen molar-refractivity contribution in [3.05, 3.63) is 35.9 Å². The van der Waals surface area contributed by atoms with E-state index in [4.69, 9.17) is 23.7 Å². The molecule has 1 aromatic rings. The number of carbonyl (C=O) groups is 2. The minimum Gasteiger partial charge on any atom is -0.379 e. The molecule has 0 aromatic heterocycles. The predicted molar refractivity (Wildman–Crippen MR) is 181 cm³/mol. The molecule has 1 N–H and O–H groups in total. The number of likely N-dealkylation sites (N-methyl/N-ethyl adjacent to an activating group) is 1. The summed E-state index contributed by atoms with van der Waals surface area (Å²) in [5, 5.41) is 2.96. The number of nitrogens with one attached hydrogen (secondary N) is 1. The van der Waals surface area contributed by atoms with Gasteiger partial charge in [0.1, 0.15) is 6.61 Å². The maximum Gasteiger partial charge on any atom is 0.223 e. The molecule has 0 aliphatic rings. The van der Waals surface area contributed by atoms with Gasteiger partial charge in [0.05, 0.1) is 52.9 Å². The molecule has 1 atom stereocenters. The van der Waals surface area contributed by atoms with Crippen LogP contribution in [0.2, 0.25) is 0 Å². The van der Waals surface area contributed by atoms with Crippen molar-refractivity contribution in [2.24, 2.45) is 5.92 Å². The Kier molecular flexibility index (Phi) is 28.1. The normalized spacial score (nSPS) is 12.1. The zero-order valence-electron chi connectivity index (χ0n) is 28.7. The van der Waals surface area contributed by atoms with E-state index in [1.165, 1.54) is 57.8 Å². The maximum absolute atomic E-state index is 12.8. The van der Waals surface area contributed by atoms with Gasteiger partial charge in [0, 0.05) is 32.0 Å². The average molecular weight is 637 g/mol. The molecule has 0 fully saturated rings. The molecule has 45 heavy (non-hydrogen) atoms. The maximum atomic E-state index is 12.8. The van der Waals surface area contributed by atoms with E-state index < -0.39 is 5.92 Å². The molecule has 0 heterocycles. The van der Waals surface area contributed by atoms with Crippen LogP contribution in [0.15, 0.2) is 30.3 Å². The van der Waals surface area contributed by atoms with Crippen molar-refractivity contribution in [2.75, 3.05) is 93.3 Å². The quantitative estimate of drug-likeness (QED) is 0.101. The number of benzene rings is 1. The fourth-order valence-corrected chi connectivity index (χ4v) is 4.79. The number of ether oxygens (including phenoxy) is 5. The Morgan fingerprint density at radius 2 is 1.16 bits per heavy atom. The molecule has 0 saturated carbocycles. The highest BCUT2D eigenvalue weighted by molar-refractivity contribution is 5.87. The Hall–Kier alpha value is -1.88. The summed E-state index contributed by atoms with van der Waals surface area (Å²) in [5.74, 6) is -0.619. The third-order valence-corrected chi connectivity index (χ3v) is 7.42. The van der Waals surface area contributed by atoms with Gasteiger partial charge in [0.2, 0.25) is 5.91 Å². The predicted octanol–water partition coefficient (Wildman–Crippen LogP) is 5.49. The van der Waals surface area contributed by atoms with Crippen LogP contribution in [0.1, 0.15) is 83.1 Å². The number of unbranched alkanes of at least 4 members (excludes halogenated alkanes) is 9. The van der Waals surface area contributed by atoms with Crippen LogP contribution in [0, 0.1) is 5.92 Å². The van der Waals surface area contributed by atoms with Gasteiger partial charge in [0.15, 0.2) is 5.78 Å². The molecule has 0 radical (unpaired) electrons. The highest BCUT2D eigenvalue weighted by Crippen LogP contribution is 2.14. The lowest BCUT2D eigenvalue weighted by molar-refractivity contribution is -0.131. The van der Waals surface area contributed by atoms with Crippen molar-refractivity contribution in [3.8, 4) is 0 Å². The third-order valence-electron chi connectivity index (χ3n) is 7.42. The van der Waals surface area contributed by atoms with E-state index in [0.717, 1.165) is 25.1 Å². The molecule has 1 aromatic carbocycles. The Balaban J connectivity index is 1.93. The SMILES string of the molecule is CCCCCCCCCCCCOCCOCCOCCOCCOCC(=O)CC(Cc1ccccc1)C(=O)NCCN(C)C. The summed E-state index contributed by atoms with van der Waals surface area (Å²) < 4.78 is 27.7.